The molecule has 2 heteroatoms. The van der Waals surface area contributed by atoms with Gasteiger partial charge in [0.1, 0.15) is 0 Å². The summed E-state index contributed by atoms with van der Waals surface area (Å²) in [6.07, 6.45) is 0.547. The molecule has 0 unspecified atom stereocenters. The first kappa shape index (κ1) is 10.9. The first-order chi connectivity index (χ1) is 7.72. The molecular formula is C14H14BN. The van der Waals surface area contributed by atoms with E-state index < -0.39 is 0 Å². The summed E-state index contributed by atoms with van der Waals surface area (Å²) in [5.74, 6) is 0. The van der Waals surface area contributed by atoms with Crippen molar-refractivity contribution < 1.29 is 0 Å². The molecule has 1 nitrogen and oxygen atoms in total. The predicted octanol–water partition coefficient (Wildman–Crippen LogP) is 3.03. The Morgan fingerprint density at radius 2 is 1.81 bits per heavy atom. The fourth-order valence-electron chi connectivity index (χ4n) is 1.83. The summed E-state index contributed by atoms with van der Waals surface area (Å²) in [5.41, 5.74) is 5.55. The molecule has 0 saturated heterocycles. The van der Waals surface area contributed by atoms with Gasteiger partial charge in [0.25, 0.3) is 0 Å². The normalized spacial score (nSPS) is 10.4. The molecule has 0 aliphatic heterocycles. The number of rotatable bonds is 2. The zero-order valence-electron chi connectivity index (χ0n) is 9.70. The minimum Gasteiger partial charge on any atom is -0.253 e. The van der Waals surface area contributed by atoms with Crippen LogP contribution in [0.5, 0.6) is 0 Å². The van der Waals surface area contributed by atoms with E-state index in [2.05, 4.69) is 30.1 Å². The van der Waals surface area contributed by atoms with Crippen molar-refractivity contribution in [3.05, 3.63) is 53.2 Å². The highest BCUT2D eigenvalue weighted by Gasteiger charge is 2.07. The largest absolute Gasteiger partial charge is 0.253 e. The van der Waals surface area contributed by atoms with Crippen LogP contribution in [0, 0.1) is 13.8 Å². The summed E-state index contributed by atoms with van der Waals surface area (Å²) in [5, 5.41) is 0. The van der Waals surface area contributed by atoms with E-state index in [1.54, 1.807) is 0 Å². The number of hydrogen-bond donors (Lipinski definition) is 0. The first-order valence-electron chi connectivity index (χ1n) is 5.45. The van der Waals surface area contributed by atoms with E-state index >= 15 is 0 Å². The molecule has 2 radical (unpaired) electrons. The van der Waals surface area contributed by atoms with Crippen molar-refractivity contribution in [3.63, 3.8) is 0 Å². The number of aryl methyl sites for hydroxylation is 2. The molecule has 1 aromatic carbocycles. The molecule has 0 N–H and O–H groups in total. The lowest BCUT2D eigenvalue weighted by atomic mass is 9.90. The number of nitrogens with zero attached hydrogens (tertiary/aromatic N) is 1. The molecule has 1 aromatic heterocycles. The number of aromatic nitrogens is 1. The van der Waals surface area contributed by atoms with Crippen molar-refractivity contribution in [1.29, 1.82) is 0 Å². The lowest BCUT2D eigenvalue weighted by Gasteiger charge is -2.10. The van der Waals surface area contributed by atoms with Gasteiger partial charge in [0.15, 0.2) is 0 Å². The van der Waals surface area contributed by atoms with Gasteiger partial charge in [-0.25, -0.2) is 0 Å². The van der Waals surface area contributed by atoms with Gasteiger partial charge in [-0.3, -0.25) is 4.98 Å². The van der Waals surface area contributed by atoms with E-state index in [1.165, 1.54) is 5.56 Å². The van der Waals surface area contributed by atoms with Crippen LogP contribution in [0.3, 0.4) is 0 Å². The van der Waals surface area contributed by atoms with E-state index in [-0.39, 0.29) is 0 Å². The Kier molecular flexibility index (Phi) is 3.09. The summed E-state index contributed by atoms with van der Waals surface area (Å²) >= 11 is 0. The predicted molar refractivity (Wildman–Crippen MR) is 68.6 cm³/mol. The van der Waals surface area contributed by atoms with Crippen LogP contribution >= 0.6 is 0 Å². The molecule has 0 saturated carbocycles. The number of hydrogen-bond acceptors (Lipinski definition) is 1. The third-order valence-electron chi connectivity index (χ3n) is 2.73. The van der Waals surface area contributed by atoms with Crippen LogP contribution < -0.4 is 0 Å². The molecule has 78 valence electrons. The van der Waals surface area contributed by atoms with Crippen molar-refractivity contribution in [2.45, 2.75) is 20.2 Å². The minimum absolute atomic E-state index is 0.547. The second-order valence-corrected chi connectivity index (χ2v) is 3.98. The zero-order valence-corrected chi connectivity index (χ0v) is 9.70. The molecule has 2 rings (SSSR count). The van der Waals surface area contributed by atoms with E-state index in [9.17, 15) is 0 Å². The summed E-state index contributed by atoms with van der Waals surface area (Å²) in [7, 11) is 5.75. The van der Waals surface area contributed by atoms with Gasteiger partial charge in [0.2, 0.25) is 0 Å². The van der Waals surface area contributed by atoms with Crippen LogP contribution in [-0.2, 0) is 6.32 Å². The molecule has 0 fully saturated rings. The maximum absolute atomic E-state index is 5.75. The molecule has 0 spiro atoms. The Morgan fingerprint density at radius 1 is 1.06 bits per heavy atom. The molecule has 1 heterocycles. The van der Waals surface area contributed by atoms with Crippen LogP contribution in [0.4, 0.5) is 0 Å². The Labute approximate surface area is 98.0 Å². The average molecular weight is 207 g/mol. The van der Waals surface area contributed by atoms with E-state index in [1.807, 2.05) is 25.1 Å². The van der Waals surface area contributed by atoms with Crippen LogP contribution in [0.1, 0.15) is 16.8 Å². The van der Waals surface area contributed by atoms with Gasteiger partial charge in [0, 0.05) is 11.3 Å². The van der Waals surface area contributed by atoms with Gasteiger partial charge in [-0.1, -0.05) is 36.7 Å². The molecule has 16 heavy (non-hydrogen) atoms. The van der Waals surface area contributed by atoms with Gasteiger partial charge in [-0.05, 0) is 31.0 Å². The van der Waals surface area contributed by atoms with Crippen LogP contribution in [0.25, 0.3) is 11.3 Å². The molecular weight excluding hydrogens is 193 g/mol. The summed E-state index contributed by atoms with van der Waals surface area (Å²) in [6, 6.07) is 12.3. The highest BCUT2D eigenvalue weighted by Crippen LogP contribution is 2.25. The fraction of sp³-hybridized carbons (Fsp3) is 0.214. The third kappa shape index (κ3) is 2.01. The van der Waals surface area contributed by atoms with Gasteiger partial charge in [-0.15, -0.1) is 0 Å². The van der Waals surface area contributed by atoms with Crippen molar-refractivity contribution in [2.24, 2.45) is 0 Å². The van der Waals surface area contributed by atoms with Crippen molar-refractivity contribution in [1.82, 2.24) is 4.98 Å². The van der Waals surface area contributed by atoms with Gasteiger partial charge < -0.3 is 0 Å². The van der Waals surface area contributed by atoms with Crippen LogP contribution in [0.15, 0.2) is 36.4 Å². The lowest BCUT2D eigenvalue weighted by molar-refractivity contribution is 1.17. The van der Waals surface area contributed by atoms with Crippen LogP contribution in [-0.4, -0.2) is 12.8 Å². The number of benzene rings is 1. The van der Waals surface area contributed by atoms with Gasteiger partial charge in [-0.2, -0.15) is 0 Å². The monoisotopic (exact) mass is 207 g/mol. The first-order valence-corrected chi connectivity index (χ1v) is 5.45. The molecule has 0 aliphatic carbocycles. The summed E-state index contributed by atoms with van der Waals surface area (Å²) in [4.78, 5) is 4.60. The standard InChI is InChI=1S/C14H14BN/c1-10-7-8-11(2)16-14(10)13-6-4-3-5-12(13)9-15/h3-8H,9H2,1-2H3. The SMILES string of the molecule is [B]Cc1ccccc1-c1nc(C)ccc1C. The Morgan fingerprint density at radius 3 is 2.56 bits per heavy atom. The Balaban J connectivity index is 2.62. The summed E-state index contributed by atoms with van der Waals surface area (Å²) in [6.45, 7) is 4.09. The quantitative estimate of drug-likeness (QED) is 0.689. The van der Waals surface area contributed by atoms with E-state index in [0.29, 0.717) is 6.32 Å². The molecule has 0 amide bonds. The third-order valence-corrected chi connectivity index (χ3v) is 2.73. The van der Waals surface area contributed by atoms with Crippen LogP contribution in [0.2, 0.25) is 0 Å². The minimum atomic E-state index is 0.547. The van der Waals surface area contributed by atoms with Gasteiger partial charge in [0.05, 0.1) is 13.5 Å². The van der Waals surface area contributed by atoms with Crippen molar-refractivity contribution in [3.8, 4) is 11.3 Å². The smallest absolute Gasteiger partial charge is 0.0736 e. The maximum atomic E-state index is 5.75. The molecule has 2 aromatic rings. The van der Waals surface area contributed by atoms with Gasteiger partial charge >= 0.3 is 0 Å². The lowest BCUT2D eigenvalue weighted by Crippen LogP contribution is -1.95. The second kappa shape index (κ2) is 4.52. The average Bonchev–Trinajstić information content (AvgIpc) is 2.32. The topological polar surface area (TPSA) is 12.9 Å². The molecule has 0 atom stereocenters. The van der Waals surface area contributed by atoms with Crippen molar-refractivity contribution >= 4 is 7.85 Å². The molecule has 0 bridgehead atoms. The Hall–Kier alpha value is -1.57. The van der Waals surface area contributed by atoms with E-state index in [0.717, 1.165) is 22.5 Å². The maximum Gasteiger partial charge on any atom is 0.0736 e. The summed E-state index contributed by atoms with van der Waals surface area (Å²) < 4.78 is 0. The molecule has 0 aliphatic rings. The van der Waals surface area contributed by atoms with E-state index in [4.69, 9.17) is 7.85 Å². The second-order valence-electron chi connectivity index (χ2n) is 3.98. The fourth-order valence-corrected chi connectivity index (χ4v) is 1.83. The number of pyridine rings is 1. The zero-order chi connectivity index (χ0) is 11.5. The highest BCUT2D eigenvalue weighted by molar-refractivity contribution is 6.09. The van der Waals surface area contributed by atoms with Crippen molar-refractivity contribution in [2.75, 3.05) is 0 Å². The highest BCUT2D eigenvalue weighted by atomic mass is 14.7. The Bertz CT molecular complexity index is 506.